The fraction of sp³-hybridized carbons (Fsp3) is 0.714. The van der Waals surface area contributed by atoms with Gasteiger partial charge in [0.2, 0.25) is 0 Å². The molecule has 0 bridgehead atoms. The highest BCUT2D eigenvalue weighted by molar-refractivity contribution is 5.05. The number of hydrogen-bond donors (Lipinski definition) is 2. The molecule has 0 amide bonds. The zero-order valence-electron chi connectivity index (χ0n) is 11.4. The molecule has 0 aromatic carbocycles. The van der Waals surface area contributed by atoms with E-state index < -0.39 is 0 Å². The Hall–Kier alpha value is -1.00. The molecule has 18 heavy (non-hydrogen) atoms. The van der Waals surface area contributed by atoms with Crippen molar-refractivity contribution >= 4 is 0 Å². The first-order chi connectivity index (χ1) is 8.74. The second-order valence-corrected chi connectivity index (χ2v) is 5.46. The number of nitrogens with two attached hydrogens (primary N) is 1. The van der Waals surface area contributed by atoms with Crippen molar-refractivity contribution in [1.29, 1.82) is 0 Å². The molecule has 1 aromatic rings. The molecule has 4 heteroatoms. The Kier molecular flexibility index (Phi) is 4.66. The van der Waals surface area contributed by atoms with Gasteiger partial charge in [-0.1, -0.05) is 26.2 Å². The number of nitrogens with zero attached hydrogens (tertiary/aromatic N) is 2. The van der Waals surface area contributed by atoms with E-state index in [2.05, 4.69) is 22.3 Å². The van der Waals surface area contributed by atoms with Crippen LogP contribution in [-0.2, 0) is 0 Å². The lowest BCUT2D eigenvalue weighted by Crippen LogP contribution is -2.37. The Bertz CT molecular complexity index is 363. The van der Waals surface area contributed by atoms with Crippen LogP contribution in [0.2, 0.25) is 0 Å². The van der Waals surface area contributed by atoms with E-state index in [0.29, 0.717) is 5.92 Å². The summed E-state index contributed by atoms with van der Waals surface area (Å²) >= 11 is 0. The van der Waals surface area contributed by atoms with Crippen LogP contribution in [0.4, 0.5) is 0 Å². The summed E-state index contributed by atoms with van der Waals surface area (Å²) in [5.41, 5.74) is 4.01. The minimum Gasteiger partial charge on any atom is -0.271 e. The van der Waals surface area contributed by atoms with Gasteiger partial charge in [0.25, 0.3) is 0 Å². The van der Waals surface area contributed by atoms with Crippen LogP contribution in [0.15, 0.2) is 12.4 Å². The molecule has 3 atom stereocenters. The van der Waals surface area contributed by atoms with Crippen molar-refractivity contribution in [1.82, 2.24) is 15.4 Å². The van der Waals surface area contributed by atoms with Crippen LogP contribution in [0.5, 0.6) is 0 Å². The average molecular weight is 248 g/mol. The van der Waals surface area contributed by atoms with Crippen LogP contribution in [-0.4, -0.2) is 9.97 Å². The zero-order chi connectivity index (χ0) is 13.0. The number of nitrogens with one attached hydrogen (secondary N) is 1. The van der Waals surface area contributed by atoms with Crippen LogP contribution in [0.25, 0.3) is 0 Å². The predicted octanol–water partition coefficient (Wildman–Crippen LogP) is 2.51. The van der Waals surface area contributed by atoms with E-state index in [-0.39, 0.29) is 6.04 Å². The first kappa shape index (κ1) is 13.4. The third-order valence-corrected chi connectivity index (χ3v) is 4.13. The summed E-state index contributed by atoms with van der Waals surface area (Å²) in [5, 5.41) is 0. The van der Waals surface area contributed by atoms with E-state index in [0.717, 1.165) is 17.3 Å². The highest BCUT2D eigenvalue weighted by atomic mass is 15.2. The molecule has 1 saturated carbocycles. The maximum Gasteiger partial charge on any atom is 0.146 e. The maximum atomic E-state index is 5.73. The average Bonchev–Trinajstić information content (AvgIpc) is 2.42. The van der Waals surface area contributed by atoms with E-state index in [1.54, 1.807) is 0 Å². The van der Waals surface area contributed by atoms with Crippen molar-refractivity contribution in [3.63, 3.8) is 0 Å². The molecular weight excluding hydrogens is 224 g/mol. The molecule has 0 spiro atoms. The molecule has 1 fully saturated rings. The summed E-state index contributed by atoms with van der Waals surface area (Å²) in [6.45, 7) is 4.28. The molecule has 0 saturated heterocycles. The van der Waals surface area contributed by atoms with Gasteiger partial charge in [-0.3, -0.25) is 5.84 Å². The maximum absolute atomic E-state index is 5.73. The first-order valence-corrected chi connectivity index (χ1v) is 6.99. The quantitative estimate of drug-likeness (QED) is 0.635. The number of hydrogen-bond acceptors (Lipinski definition) is 4. The van der Waals surface area contributed by atoms with Crippen molar-refractivity contribution in [3.05, 3.63) is 23.8 Å². The lowest BCUT2D eigenvalue weighted by molar-refractivity contribution is 0.205. The molecular formula is C14H24N4. The van der Waals surface area contributed by atoms with Gasteiger partial charge in [-0.2, -0.15) is 0 Å². The molecule has 0 aliphatic heterocycles. The number of rotatable bonds is 4. The van der Waals surface area contributed by atoms with Crippen molar-refractivity contribution in [2.75, 3.05) is 0 Å². The minimum absolute atomic E-state index is 0.0972. The molecule has 4 nitrogen and oxygen atoms in total. The predicted molar refractivity (Wildman–Crippen MR) is 72.6 cm³/mol. The summed E-state index contributed by atoms with van der Waals surface area (Å²) in [4.78, 5) is 8.84. The first-order valence-electron chi connectivity index (χ1n) is 6.99. The van der Waals surface area contributed by atoms with E-state index in [9.17, 15) is 0 Å². The van der Waals surface area contributed by atoms with E-state index in [1.807, 2.05) is 19.3 Å². The standard InChI is InChI=1S/C14H24N4/c1-3-11-5-4-6-12(7-11)13(18-15)14-16-8-10(2)9-17-14/h8-9,11-13,18H,3-7,15H2,1-2H3. The summed E-state index contributed by atoms with van der Waals surface area (Å²) in [6.07, 6.45) is 10.1. The minimum atomic E-state index is 0.0972. The second-order valence-electron chi connectivity index (χ2n) is 5.46. The van der Waals surface area contributed by atoms with Crippen molar-refractivity contribution in [2.24, 2.45) is 17.7 Å². The Morgan fingerprint density at radius 1 is 1.39 bits per heavy atom. The molecule has 0 radical (unpaired) electrons. The van der Waals surface area contributed by atoms with Crippen LogP contribution in [0, 0.1) is 18.8 Å². The number of aromatic nitrogens is 2. The van der Waals surface area contributed by atoms with Gasteiger partial charge in [0, 0.05) is 12.4 Å². The van der Waals surface area contributed by atoms with Gasteiger partial charge in [0.05, 0.1) is 6.04 Å². The third kappa shape index (κ3) is 3.06. The number of hydrazine groups is 1. The smallest absolute Gasteiger partial charge is 0.146 e. The van der Waals surface area contributed by atoms with Crippen molar-refractivity contribution in [2.45, 2.75) is 52.0 Å². The van der Waals surface area contributed by atoms with Gasteiger partial charge in [-0.05, 0) is 37.2 Å². The largest absolute Gasteiger partial charge is 0.271 e. The van der Waals surface area contributed by atoms with Gasteiger partial charge >= 0.3 is 0 Å². The molecule has 100 valence electrons. The van der Waals surface area contributed by atoms with Gasteiger partial charge < -0.3 is 0 Å². The molecule has 1 aliphatic carbocycles. The third-order valence-electron chi connectivity index (χ3n) is 4.13. The van der Waals surface area contributed by atoms with E-state index >= 15 is 0 Å². The topological polar surface area (TPSA) is 63.8 Å². The lowest BCUT2D eigenvalue weighted by atomic mass is 9.76. The summed E-state index contributed by atoms with van der Waals surface area (Å²) in [5.74, 6) is 7.97. The summed E-state index contributed by atoms with van der Waals surface area (Å²) in [6, 6.07) is 0.0972. The van der Waals surface area contributed by atoms with Gasteiger partial charge in [0.1, 0.15) is 5.82 Å². The van der Waals surface area contributed by atoms with Crippen LogP contribution < -0.4 is 11.3 Å². The molecule has 3 unspecified atom stereocenters. The van der Waals surface area contributed by atoms with Crippen LogP contribution in [0.3, 0.4) is 0 Å². The Morgan fingerprint density at radius 3 is 2.72 bits per heavy atom. The molecule has 2 rings (SSSR count). The normalized spacial score (nSPS) is 25.9. The van der Waals surface area contributed by atoms with Crippen molar-refractivity contribution < 1.29 is 0 Å². The SMILES string of the molecule is CCC1CCCC(C(NN)c2ncc(C)cn2)C1. The zero-order valence-corrected chi connectivity index (χ0v) is 11.4. The summed E-state index contributed by atoms with van der Waals surface area (Å²) < 4.78 is 0. The van der Waals surface area contributed by atoms with Gasteiger partial charge in [-0.25, -0.2) is 15.4 Å². The van der Waals surface area contributed by atoms with Crippen LogP contribution >= 0.6 is 0 Å². The van der Waals surface area contributed by atoms with Gasteiger partial charge in [0.15, 0.2) is 0 Å². The van der Waals surface area contributed by atoms with Crippen LogP contribution in [0.1, 0.15) is 56.5 Å². The highest BCUT2D eigenvalue weighted by Crippen LogP contribution is 2.37. The highest BCUT2D eigenvalue weighted by Gasteiger charge is 2.29. The lowest BCUT2D eigenvalue weighted by Gasteiger charge is -2.33. The Labute approximate surface area is 109 Å². The molecule has 1 aliphatic rings. The second kappa shape index (κ2) is 6.25. The molecule has 3 N–H and O–H groups in total. The Morgan fingerprint density at radius 2 is 2.11 bits per heavy atom. The Balaban J connectivity index is 2.10. The fourth-order valence-corrected chi connectivity index (χ4v) is 2.99. The van der Waals surface area contributed by atoms with Gasteiger partial charge in [-0.15, -0.1) is 0 Å². The van der Waals surface area contributed by atoms with E-state index in [4.69, 9.17) is 5.84 Å². The monoisotopic (exact) mass is 248 g/mol. The molecule has 1 heterocycles. The van der Waals surface area contributed by atoms with Crippen molar-refractivity contribution in [3.8, 4) is 0 Å². The fourth-order valence-electron chi connectivity index (χ4n) is 2.99. The molecule has 1 aromatic heterocycles. The van der Waals surface area contributed by atoms with E-state index in [1.165, 1.54) is 32.1 Å². The summed E-state index contributed by atoms with van der Waals surface area (Å²) in [7, 11) is 0. The number of aryl methyl sites for hydroxylation is 1.